The summed E-state index contributed by atoms with van der Waals surface area (Å²) >= 11 is 3.40. The van der Waals surface area contributed by atoms with Crippen LogP contribution in [-0.4, -0.2) is 31.6 Å². The van der Waals surface area contributed by atoms with Crippen LogP contribution in [0.5, 0.6) is 0 Å². The second kappa shape index (κ2) is 6.82. The van der Waals surface area contributed by atoms with Crippen molar-refractivity contribution in [3.05, 3.63) is 34.1 Å². The Bertz CT molecular complexity index is 425. The predicted octanol–water partition coefficient (Wildman–Crippen LogP) is 3.58. The molecule has 0 aliphatic carbocycles. The fourth-order valence-electron chi connectivity index (χ4n) is 2.74. The van der Waals surface area contributed by atoms with E-state index in [0.29, 0.717) is 5.92 Å². The zero-order chi connectivity index (χ0) is 13.8. The van der Waals surface area contributed by atoms with Crippen LogP contribution in [0.4, 0.5) is 4.39 Å². The van der Waals surface area contributed by atoms with Gasteiger partial charge in [-0.1, -0.05) is 15.9 Å². The third kappa shape index (κ3) is 4.26. The Kier molecular flexibility index (Phi) is 5.37. The maximum absolute atomic E-state index is 13.8. The monoisotopic (exact) mass is 328 g/mol. The third-order valence-corrected chi connectivity index (χ3v) is 4.35. The second-order valence-electron chi connectivity index (χ2n) is 5.57. The molecule has 4 heteroatoms. The van der Waals surface area contributed by atoms with Gasteiger partial charge in [-0.25, -0.2) is 4.39 Å². The van der Waals surface area contributed by atoms with Crippen molar-refractivity contribution in [3.63, 3.8) is 0 Å². The minimum absolute atomic E-state index is 0.0460. The molecule has 106 valence electrons. The Balaban J connectivity index is 1.90. The first-order valence-electron chi connectivity index (χ1n) is 6.93. The molecule has 0 radical (unpaired) electrons. The molecule has 2 rings (SSSR count). The van der Waals surface area contributed by atoms with E-state index in [0.717, 1.165) is 23.1 Å². The lowest BCUT2D eigenvalue weighted by molar-refractivity contribution is 0.203. The van der Waals surface area contributed by atoms with Crippen molar-refractivity contribution in [3.8, 4) is 0 Å². The van der Waals surface area contributed by atoms with Crippen molar-refractivity contribution in [1.29, 1.82) is 0 Å². The van der Waals surface area contributed by atoms with Crippen molar-refractivity contribution in [2.24, 2.45) is 5.92 Å². The zero-order valence-electron chi connectivity index (χ0n) is 11.6. The van der Waals surface area contributed by atoms with Gasteiger partial charge in [0.05, 0.1) is 0 Å². The minimum atomic E-state index is -0.135. The van der Waals surface area contributed by atoms with Crippen LogP contribution in [0.3, 0.4) is 0 Å². The van der Waals surface area contributed by atoms with Gasteiger partial charge in [0.15, 0.2) is 0 Å². The lowest BCUT2D eigenvalue weighted by Crippen LogP contribution is -2.38. The quantitative estimate of drug-likeness (QED) is 0.908. The minimum Gasteiger partial charge on any atom is -0.310 e. The van der Waals surface area contributed by atoms with Crippen LogP contribution in [0.1, 0.15) is 31.4 Å². The van der Waals surface area contributed by atoms with E-state index in [1.807, 2.05) is 13.0 Å². The van der Waals surface area contributed by atoms with Crippen LogP contribution in [-0.2, 0) is 0 Å². The smallest absolute Gasteiger partial charge is 0.128 e. The number of hydrogen-bond donors (Lipinski definition) is 1. The molecule has 1 N–H and O–H groups in total. The lowest BCUT2D eigenvalue weighted by atomic mass is 9.97. The van der Waals surface area contributed by atoms with Crippen LogP contribution in [0.2, 0.25) is 0 Å². The highest BCUT2D eigenvalue weighted by Gasteiger charge is 2.18. The Labute approximate surface area is 123 Å². The Hall–Kier alpha value is -0.450. The number of piperidine rings is 1. The molecule has 1 saturated heterocycles. The topological polar surface area (TPSA) is 15.3 Å². The summed E-state index contributed by atoms with van der Waals surface area (Å²) < 4.78 is 14.7. The van der Waals surface area contributed by atoms with Gasteiger partial charge in [-0.05, 0) is 64.0 Å². The zero-order valence-corrected chi connectivity index (χ0v) is 13.2. The molecule has 1 aromatic rings. The van der Waals surface area contributed by atoms with E-state index in [-0.39, 0.29) is 11.9 Å². The second-order valence-corrected chi connectivity index (χ2v) is 6.48. The molecular weight excluding hydrogens is 307 g/mol. The number of halogens is 2. The molecule has 2 atom stereocenters. The maximum atomic E-state index is 13.8. The normalized spacial score (nSPS) is 22.4. The molecule has 1 aromatic carbocycles. The van der Waals surface area contributed by atoms with Crippen LogP contribution in [0.15, 0.2) is 22.7 Å². The number of nitrogens with zero attached hydrogens (tertiary/aromatic N) is 1. The van der Waals surface area contributed by atoms with Crippen molar-refractivity contribution in [2.75, 3.05) is 26.7 Å². The van der Waals surface area contributed by atoms with Crippen molar-refractivity contribution in [1.82, 2.24) is 10.2 Å². The third-order valence-electron chi connectivity index (χ3n) is 3.86. The standard InChI is InChI=1S/C15H22BrFN2/c1-11(14-8-13(16)5-6-15(14)17)18-9-12-4-3-7-19(2)10-12/h5-6,8,11-12,18H,3-4,7,9-10H2,1-2H3. The Morgan fingerprint density at radius 1 is 1.53 bits per heavy atom. The van der Waals surface area contributed by atoms with Gasteiger partial charge in [-0.3, -0.25) is 0 Å². The summed E-state index contributed by atoms with van der Waals surface area (Å²) in [7, 11) is 2.17. The highest BCUT2D eigenvalue weighted by Crippen LogP contribution is 2.22. The Morgan fingerprint density at radius 2 is 2.32 bits per heavy atom. The molecule has 0 saturated carbocycles. The first-order valence-corrected chi connectivity index (χ1v) is 7.72. The van der Waals surface area contributed by atoms with Crippen molar-refractivity contribution < 1.29 is 4.39 Å². The molecule has 1 fully saturated rings. The van der Waals surface area contributed by atoms with Gasteiger partial charge in [0.25, 0.3) is 0 Å². The van der Waals surface area contributed by atoms with E-state index in [1.165, 1.54) is 25.5 Å². The van der Waals surface area contributed by atoms with Crippen LogP contribution < -0.4 is 5.32 Å². The van der Waals surface area contributed by atoms with Gasteiger partial charge >= 0.3 is 0 Å². The predicted molar refractivity (Wildman–Crippen MR) is 80.7 cm³/mol. The molecule has 19 heavy (non-hydrogen) atoms. The molecule has 0 spiro atoms. The van der Waals surface area contributed by atoms with Crippen molar-refractivity contribution in [2.45, 2.75) is 25.8 Å². The fraction of sp³-hybridized carbons (Fsp3) is 0.600. The summed E-state index contributed by atoms with van der Waals surface area (Å²) in [5, 5.41) is 3.47. The molecule has 2 nitrogen and oxygen atoms in total. The van der Waals surface area contributed by atoms with E-state index in [1.54, 1.807) is 6.07 Å². The summed E-state index contributed by atoms with van der Waals surface area (Å²) in [6, 6.07) is 5.16. The van der Waals surface area contributed by atoms with Crippen LogP contribution in [0, 0.1) is 11.7 Å². The Morgan fingerprint density at radius 3 is 3.05 bits per heavy atom. The van der Waals surface area contributed by atoms with Gasteiger partial charge in [0.2, 0.25) is 0 Å². The number of rotatable bonds is 4. The largest absolute Gasteiger partial charge is 0.310 e. The molecule has 1 aliphatic heterocycles. The molecule has 0 aromatic heterocycles. The number of nitrogens with one attached hydrogen (secondary N) is 1. The molecule has 2 unspecified atom stereocenters. The summed E-state index contributed by atoms with van der Waals surface area (Å²) in [4.78, 5) is 2.38. The van der Waals surface area contributed by atoms with E-state index in [4.69, 9.17) is 0 Å². The molecule has 0 bridgehead atoms. The van der Waals surface area contributed by atoms with E-state index < -0.39 is 0 Å². The average Bonchev–Trinajstić information content (AvgIpc) is 2.39. The summed E-state index contributed by atoms with van der Waals surface area (Å²) in [6.07, 6.45) is 2.54. The summed E-state index contributed by atoms with van der Waals surface area (Å²) in [6.45, 7) is 5.32. The average molecular weight is 329 g/mol. The maximum Gasteiger partial charge on any atom is 0.128 e. The van der Waals surface area contributed by atoms with Gasteiger partial charge < -0.3 is 10.2 Å². The first-order chi connectivity index (χ1) is 9.06. The highest BCUT2D eigenvalue weighted by molar-refractivity contribution is 9.10. The van der Waals surface area contributed by atoms with E-state index in [9.17, 15) is 4.39 Å². The number of hydrogen-bond acceptors (Lipinski definition) is 2. The van der Waals surface area contributed by atoms with Gasteiger partial charge in [0, 0.05) is 22.6 Å². The first kappa shape index (κ1) is 14.9. The van der Waals surface area contributed by atoms with Crippen molar-refractivity contribution >= 4 is 15.9 Å². The fourth-order valence-corrected chi connectivity index (χ4v) is 3.12. The van der Waals surface area contributed by atoms with E-state index in [2.05, 4.69) is 33.2 Å². The lowest BCUT2D eigenvalue weighted by Gasteiger charge is -2.30. The van der Waals surface area contributed by atoms with E-state index >= 15 is 0 Å². The molecule has 1 aliphatic rings. The van der Waals surface area contributed by atoms with Crippen LogP contribution >= 0.6 is 15.9 Å². The number of benzene rings is 1. The van der Waals surface area contributed by atoms with Gasteiger partial charge in [-0.15, -0.1) is 0 Å². The molecule has 1 heterocycles. The highest BCUT2D eigenvalue weighted by atomic mass is 79.9. The molecule has 0 amide bonds. The van der Waals surface area contributed by atoms with Gasteiger partial charge in [0.1, 0.15) is 5.82 Å². The van der Waals surface area contributed by atoms with Gasteiger partial charge in [-0.2, -0.15) is 0 Å². The molecular formula is C15H22BrFN2. The SMILES string of the molecule is CC(NCC1CCCN(C)C1)c1cc(Br)ccc1F. The number of likely N-dealkylation sites (tertiary alicyclic amines) is 1. The summed E-state index contributed by atoms with van der Waals surface area (Å²) in [5.74, 6) is 0.542. The van der Waals surface area contributed by atoms with Crippen LogP contribution in [0.25, 0.3) is 0 Å². The summed E-state index contributed by atoms with van der Waals surface area (Å²) in [5.41, 5.74) is 0.735.